The fourth-order valence-corrected chi connectivity index (χ4v) is 2.33. The summed E-state index contributed by atoms with van der Waals surface area (Å²) >= 11 is 3.42. The second-order valence-electron chi connectivity index (χ2n) is 4.38. The topological polar surface area (TPSA) is 66.5 Å². The van der Waals surface area contributed by atoms with Gasteiger partial charge >= 0.3 is 0 Å². The first-order valence-electron chi connectivity index (χ1n) is 5.84. The van der Waals surface area contributed by atoms with E-state index in [0.29, 0.717) is 5.65 Å². The van der Waals surface area contributed by atoms with Crippen molar-refractivity contribution in [2.75, 3.05) is 5.32 Å². The van der Waals surface area contributed by atoms with Crippen LogP contribution in [0, 0.1) is 13.8 Å². The number of anilines is 2. The molecular formula is C13H12BrN5. The van der Waals surface area contributed by atoms with Crippen LogP contribution in [0.2, 0.25) is 0 Å². The number of benzene rings is 1. The Hall–Kier alpha value is -1.95. The van der Waals surface area contributed by atoms with Gasteiger partial charge in [-0.3, -0.25) is 5.10 Å². The smallest absolute Gasteiger partial charge is 0.187 e. The third-order valence-electron chi connectivity index (χ3n) is 3.08. The van der Waals surface area contributed by atoms with Crippen LogP contribution >= 0.6 is 15.9 Å². The highest BCUT2D eigenvalue weighted by molar-refractivity contribution is 9.10. The van der Waals surface area contributed by atoms with Crippen molar-refractivity contribution in [3.63, 3.8) is 0 Å². The Balaban J connectivity index is 2.05. The van der Waals surface area contributed by atoms with Gasteiger partial charge in [-0.2, -0.15) is 5.10 Å². The van der Waals surface area contributed by atoms with Crippen molar-refractivity contribution in [3.05, 3.63) is 40.3 Å². The number of nitrogens with one attached hydrogen (secondary N) is 2. The summed E-state index contributed by atoms with van der Waals surface area (Å²) < 4.78 is 0.773. The van der Waals surface area contributed by atoms with Crippen molar-refractivity contribution in [3.8, 4) is 0 Å². The highest BCUT2D eigenvalue weighted by Crippen LogP contribution is 2.28. The first-order valence-corrected chi connectivity index (χ1v) is 6.63. The zero-order chi connectivity index (χ0) is 13.4. The van der Waals surface area contributed by atoms with E-state index in [1.165, 1.54) is 17.5 Å². The average molecular weight is 318 g/mol. The number of hydrogen-bond acceptors (Lipinski definition) is 4. The number of aromatic amines is 1. The first kappa shape index (κ1) is 12.1. The highest BCUT2D eigenvalue weighted by atomic mass is 79.9. The standard InChI is InChI=1S/C13H12BrN5/c1-7-3-4-9(5-8(7)2)17-12-10-11(14)18-19-13(10)16-6-15-12/h3-6H,1-2H3,(H2,15,16,17,18,19). The van der Waals surface area contributed by atoms with Gasteiger partial charge in [0.1, 0.15) is 16.7 Å². The predicted octanol–water partition coefficient (Wildman–Crippen LogP) is 3.48. The van der Waals surface area contributed by atoms with E-state index in [2.05, 4.69) is 67.4 Å². The highest BCUT2D eigenvalue weighted by Gasteiger charge is 2.10. The minimum absolute atomic E-state index is 0.633. The van der Waals surface area contributed by atoms with E-state index in [1.54, 1.807) is 0 Å². The summed E-state index contributed by atoms with van der Waals surface area (Å²) in [7, 11) is 0. The van der Waals surface area contributed by atoms with Gasteiger partial charge in [0.25, 0.3) is 0 Å². The van der Waals surface area contributed by atoms with Gasteiger partial charge in [-0.25, -0.2) is 9.97 Å². The van der Waals surface area contributed by atoms with Crippen molar-refractivity contribution in [1.82, 2.24) is 20.2 Å². The molecule has 1 aromatic carbocycles. The van der Waals surface area contributed by atoms with E-state index in [0.717, 1.165) is 21.5 Å². The summed E-state index contributed by atoms with van der Waals surface area (Å²) in [6, 6.07) is 6.21. The molecule has 0 saturated heterocycles. The van der Waals surface area contributed by atoms with Crippen LogP contribution in [0.25, 0.3) is 11.0 Å². The van der Waals surface area contributed by atoms with E-state index in [4.69, 9.17) is 0 Å². The molecule has 5 nitrogen and oxygen atoms in total. The number of aromatic nitrogens is 4. The van der Waals surface area contributed by atoms with Crippen molar-refractivity contribution < 1.29 is 0 Å². The van der Waals surface area contributed by atoms with E-state index in [9.17, 15) is 0 Å². The minimum Gasteiger partial charge on any atom is -0.339 e. The van der Waals surface area contributed by atoms with Gasteiger partial charge in [-0.15, -0.1) is 0 Å². The number of H-pyrrole nitrogens is 1. The van der Waals surface area contributed by atoms with Crippen LogP contribution in [0.1, 0.15) is 11.1 Å². The molecule has 0 fully saturated rings. The molecule has 0 unspecified atom stereocenters. The van der Waals surface area contributed by atoms with E-state index in [-0.39, 0.29) is 0 Å². The number of halogens is 1. The Morgan fingerprint density at radius 1 is 1.16 bits per heavy atom. The number of hydrogen-bond donors (Lipinski definition) is 2. The van der Waals surface area contributed by atoms with Crippen molar-refractivity contribution in [2.24, 2.45) is 0 Å². The van der Waals surface area contributed by atoms with E-state index in [1.807, 2.05) is 6.07 Å². The normalized spacial score (nSPS) is 10.9. The number of fused-ring (bicyclic) bond motifs is 1. The van der Waals surface area contributed by atoms with E-state index < -0.39 is 0 Å². The van der Waals surface area contributed by atoms with Gasteiger partial charge in [0.2, 0.25) is 0 Å². The quantitative estimate of drug-likeness (QED) is 0.759. The summed E-state index contributed by atoms with van der Waals surface area (Å²) in [5, 5.41) is 11.1. The molecule has 3 aromatic rings. The zero-order valence-corrected chi connectivity index (χ0v) is 12.1. The molecule has 19 heavy (non-hydrogen) atoms. The van der Waals surface area contributed by atoms with Crippen LogP contribution in [-0.2, 0) is 0 Å². The molecule has 0 spiro atoms. The lowest BCUT2D eigenvalue weighted by Crippen LogP contribution is -1.96. The van der Waals surface area contributed by atoms with Gasteiger partial charge < -0.3 is 5.32 Å². The molecule has 0 amide bonds. The third-order valence-corrected chi connectivity index (χ3v) is 3.65. The molecule has 0 aliphatic heterocycles. The molecule has 0 saturated carbocycles. The van der Waals surface area contributed by atoms with Crippen LogP contribution in [0.4, 0.5) is 11.5 Å². The molecule has 96 valence electrons. The molecule has 0 atom stereocenters. The fraction of sp³-hybridized carbons (Fsp3) is 0.154. The number of nitrogens with zero attached hydrogens (tertiary/aromatic N) is 3. The van der Waals surface area contributed by atoms with Gasteiger partial charge in [0.05, 0.1) is 5.39 Å². The minimum atomic E-state index is 0.633. The van der Waals surface area contributed by atoms with Crippen LogP contribution in [0.15, 0.2) is 29.1 Å². The SMILES string of the molecule is Cc1ccc(Nc2ncnc3n[nH]c(Br)c23)cc1C. The van der Waals surface area contributed by atoms with Gasteiger partial charge in [0.15, 0.2) is 5.65 Å². The third kappa shape index (κ3) is 2.19. The first-order chi connectivity index (χ1) is 9.15. The summed E-state index contributed by atoms with van der Waals surface area (Å²) in [6.07, 6.45) is 1.50. The lowest BCUT2D eigenvalue weighted by atomic mass is 10.1. The maximum absolute atomic E-state index is 4.28. The van der Waals surface area contributed by atoms with Crippen LogP contribution in [0.5, 0.6) is 0 Å². The molecule has 3 rings (SSSR count). The molecule has 2 aromatic heterocycles. The van der Waals surface area contributed by atoms with Crippen molar-refractivity contribution in [2.45, 2.75) is 13.8 Å². The van der Waals surface area contributed by atoms with E-state index >= 15 is 0 Å². The average Bonchev–Trinajstić information content (AvgIpc) is 2.77. The summed E-state index contributed by atoms with van der Waals surface area (Å²) in [5.41, 5.74) is 4.13. The lowest BCUT2D eigenvalue weighted by molar-refractivity contribution is 1.07. The molecule has 0 bridgehead atoms. The summed E-state index contributed by atoms with van der Waals surface area (Å²) in [6.45, 7) is 4.18. The summed E-state index contributed by atoms with van der Waals surface area (Å²) in [5.74, 6) is 0.730. The molecule has 6 heteroatoms. The largest absolute Gasteiger partial charge is 0.339 e. The van der Waals surface area contributed by atoms with Crippen LogP contribution in [-0.4, -0.2) is 20.2 Å². The second-order valence-corrected chi connectivity index (χ2v) is 5.18. The molecule has 0 radical (unpaired) electrons. The molecule has 0 aliphatic rings. The van der Waals surface area contributed by atoms with Gasteiger partial charge in [0, 0.05) is 5.69 Å². The Kier molecular flexibility index (Phi) is 2.94. The Labute approximate surface area is 118 Å². The van der Waals surface area contributed by atoms with Gasteiger partial charge in [-0.05, 0) is 53.0 Å². The Morgan fingerprint density at radius 3 is 2.79 bits per heavy atom. The van der Waals surface area contributed by atoms with Crippen molar-refractivity contribution in [1.29, 1.82) is 0 Å². The summed E-state index contributed by atoms with van der Waals surface area (Å²) in [4.78, 5) is 8.39. The molecule has 0 aliphatic carbocycles. The van der Waals surface area contributed by atoms with Crippen molar-refractivity contribution >= 4 is 38.5 Å². The predicted molar refractivity (Wildman–Crippen MR) is 78.6 cm³/mol. The number of aryl methyl sites for hydroxylation is 2. The van der Waals surface area contributed by atoms with Gasteiger partial charge in [-0.1, -0.05) is 6.07 Å². The Bertz CT molecular complexity index is 750. The monoisotopic (exact) mass is 317 g/mol. The Morgan fingerprint density at radius 2 is 2.00 bits per heavy atom. The van der Waals surface area contributed by atoms with Crippen LogP contribution in [0.3, 0.4) is 0 Å². The molecule has 2 heterocycles. The maximum atomic E-state index is 4.28. The maximum Gasteiger partial charge on any atom is 0.187 e. The lowest BCUT2D eigenvalue weighted by Gasteiger charge is -2.08. The van der Waals surface area contributed by atoms with Crippen LogP contribution < -0.4 is 5.32 Å². The molecular weight excluding hydrogens is 306 g/mol. The zero-order valence-electron chi connectivity index (χ0n) is 10.5. The number of rotatable bonds is 2. The second kappa shape index (κ2) is 4.62. The fourth-order valence-electron chi connectivity index (χ4n) is 1.87. The molecule has 2 N–H and O–H groups in total.